The van der Waals surface area contributed by atoms with E-state index in [4.69, 9.17) is 10.5 Å². The lowest BCUT2D eigenvalue weighted by atomic mass is 9.89. The minimum atomic E-state index is 0.142. The minimum absolute atomic E-state index is 0.142. The van der Waals surface area contributed by atoms with Gasteiger partial charge in [0.25, 0.3) is 0 Å². The molecule has 0 saturated heterocycles. The number of fused-ring (bicyclic) bond motifs is 1. The summed E-state index contributed by atoms with van der Waals surface area (Å²) in [5.74, 6) is 1.41. The van der Waals surface area contributed by atoms with Crippen molar-refractivity contribution in [1.29, 1.82) is 0 Å². The first-order chi connectivity index (χ1) is 9.24. The SMILES string of the molecule is NC(Cc1sccc1Br)C1COc2ccccc2C1. The maximum Gasteiger partial charge on any atom is 0.122 e. The topological polar surface area (TPSA) is 35.2 Å². The Kier molecular flexibility index (Phi) is 3.91. The molecular formula is C15H16BrNOS. The maximum atomic E-state index is 6.37. The van der Waals surface area contributed by atoms with Crippen LogP contribution < -0.4 is 10.5 Å². The number of nitrogens with two attached hydrogens (primary N) is 1. The first-order valence-electron chi connectivity index (χ1n) is 6.42. The molecular weight excluding hydrogens is 322 g/mol. The van der Waals surface area contributed by atoms with Crippen LogP contribution in [0.3, 0.4) is 0 Å². The van der Waals surface area contributed by atoms with Crippen LogP contribution in [0.2, 0.25) is 0 Å². The van der Waals surface area contributed by atoms with Crippen molar-refractivity contribution in [1.82, 2.24) is 0 Å². The highest BCUT2D eigenvalue weighted by Crippen LogP contribution is 2.30. The summed E-state index contributed by atoms with van der Waals surface area (Å²) in [6, 6.07) is 10.5. The number of hydrogen-bond acceptors (Lipinski definition) is 3. The maximum absolute atomic E-state index is 6.37. The summed E-state index contributed by atoms with van der Waals surface area (Å²) in [4.78, 5) is 1.33. The second-order valence-electron chi connectivity index (χ2n) is 4.94. The van der Waals surface area contributed by atoms with Gasteiger partial charge in [0.15, 0.2) is 0 Å². The number of para-hydroxylation sites is 1. The van der Waals surface area contributed by atoms with Crippen LogP contribution in [-0.2, 0) is 12.8 Å². The Morgan fingerprint density at radius 1 is 1.37 bits per heavy atom. The third kappa shape index (κ3) is 2.86. The number of thiophene rings is 1. The molecule has 2 N–H and O–H groups in total. The summed E-state index contributed by atoms with van der Waals surface area (Å²) in [6.07, 6.45) is 1.93. The van der Waals surface area contributed by atoms with E-state index in [9.17, 15) is 0 Å². The van der Waals surface area contributed by atoms with Gasteiger partial charge >= 0.3 is 0 Å². The zero-order chi connectivity index (χ0) is 13.2. The molecule has 3 rings (SSSR count). The van der Waals surface area contributed by atoms with Gasteiger partial charge in [-0.05, 0) is 51.8 Å². The normalized spacial score (nSPS) is 19.6. The summed E-state index contributed by atoms with van der Waals surface area (Å²) in [6.45, 7) is 0.723. The Morgan fingerprint density at radius 2 is 2.21 bits per heavy atom. The Hall–Kier alpha value is -0.840. The molecule has 100 valence electrons. The summed E-state index contributed by atoms with van der Waals surface area (Å²) in [7, 11) is 0. The Bertz CT molecular complexity index is 569. The van der Waals surface area contributed by atoms with E-state index < -0.39 is 0 Å². The van der Waals surface area contributed by atoms with Gasteiger partial charge in [0.05, 0.1) is 6.61 Å². The molecule has 0 bridgehead atoms. The largest absolute Gasteiger partial charge is 0.493 e. The third-order valence-corrected chi connectivity index (χ3v) is 5.57. The van der Waals surface area contributed by atoms with Crippen LogP contribution in [0.1, 0.15) is 10.4 Å². The van der Waals surface area contributed by atoms with Gasteiger partial charge in [-0.25, -0.2) is 0 Å². The van der Waals surface area contributed by atoms with Crippen molar-refractivity contribution >= 4 is 27.3 Å². The highest BCUT2D eigenvalue weighted by molar-refractivity contribution is 9.10. The van der Waals surface area contributed by atoms with Gasteiger partial charge in [-0.3, -0.25) is 0 Å². The van der Waals surface area contributed by atoms with Crippen molar-refractivity contribution < 1.29 is 4.74 Å². The van der Waals surface area contributed by atoms with Crippen LogP contribution in [0.25, 0.3) is 0 Å². The van der Waals surface area contributed by atoms with Gasteiger partial charge < -0.3 is 10.5 Å². The zero-order valence-corrected chi connectivity index (χ0v) is 12.9. The number of rotatable bonds is 3. The van der Waals surface area contributed by atoms with Gasteiger partial charge in [0.2, 0.25) is 0 Å². The van der Waals surface area contributed by atoms with E-state index in [1.807, 2.05) is 12.1 Å². The second kappa shape index (κ2) is 5.65. The van der Waals surface area contributed by atoms with Gasteiger partial charge in [0.1, 0.15) is 5.75 Å². The number of ether oxygens (including phenoxy) is 1. The molecule has 1 aliphatic rings. The molecule has 0 amide bonds. The standard InChI is InChI=1S/C15H16BrNOS/c16-12-5-6-19-15(12)8-13(17)11-7-10-3-1-2-4-14(10)18-9-11/h1-6,11,13H,7-9,17H2. The average Bonchev–Trinajstić information content (AvgIpc) is 2.84. The fourth-order valence-corrected chi connectivity index (χ4v) is 4.07. The molecule has 2 aromatic rings. The summed E-state index contributed by atoms with van der Waals surface area (Å²) in [5, 5.41) is 2.10. The van der Waals surface area contributed by atoms with E-state index in [0.29, 0.717) is 5.92 Å². The highest BCUT2D eigenvalue weighted by atomic mass is 79.9. The first kappa shape index (κ1) is 13.2. The molecule has 0 aliphatic carbocycles. The Labute approximate surface area is 125 Å². The van der Waals surface area contributed by atoms with Crippen molar-refractivity contribution in [2.24, 2.45) is 11.7 Å². The van der Waals surface area contributed by atoms with E-state index in [2.05, 4.69) is 39.5 Å². The molecule has 2 heterocycles. The third-order valence-electron chi connectivity index (χ3n) is 3.63. The van der Waals surface area contributed by atoms with Gasteiger partial charge in [-0.2, -0.15) is 0 Å². The predicted octanol–water partition coefficient (Wildman–Crippen LogP) is 3.63. The van der Waals surface area contributed by atoms with Gasteiger partial charge in [-0.15, -0.1) is 11.3 Å². The number of hydrogen-bond donors (Lipinski definition) is 1. The number of halogens is 1. The van der Waals surface area contributed by atoms with E-state index in [1.165, 1.54) is 14.9 Å². The molecule has 1 aromatic carbocycles. The van der Waals surface area contributed by atoms with Crippen LogP contribution in [0, 0.1) is 5.92 Å². The van der Waals surface area contributed by atoms with Crippen LogP contribution in [0.5, 0.6) is 5.75 Å². The quantitative estimate of drug-likeness (QED) is 0.928. The fourth-order valence-electron chi connectivity index (χ4n) is 2.48. The lowest BCUT2D eigenvalue weighted by Gasteiger charge is -2.29. The molecule has 2 nitrogen and oxygen atoms in total. The molecule has 4 heteroatoms. The molecule has 2 unspecified atom stereocenters. The molecule has 1 aromatic heterocycles. The van der Waals surface area contributed by atoms with E-state index in [0.717, 1.165) is 25.2 Å². The van der Waals surface area contributed by atoms with Crippen LogP contribution in [0.4, 0.5) is 0 Å². The van der Waals surface area contributed by atoms with Crippen molar-refractivity contribution in [3.63, 3.8) is 0 Å². The van der Waals surface area contributed by atoms with Crippen LogP contribution in [-0.4, -0.2) is 12.6 Å². The molecule has 0 saturated carbocycles. The average molecular weight is 338 g/mol. The monoisotopic (exact) mass is 337 g/mol. The zero-order valence-electron chi connectivity index (χ0n) is 10.5. The van der Waals surface area contributed by atoms with E-state index >= 15 is 0 Å². The smallest absolute Gasteiger partial charge is 0.122 e. The van der Waals surface area contributed by atoms with E-state index in [1.54, 1.807) is 11.3 Å². The summed E-state index contributed by atoms with van der Waals surface area (Å²) >= 11 is 5.33. The molecule has 1 aliphatic heterocycles. The van der Waals surface area contributed by atoms with Gasteiger partial charge in [0, 0.05) is 21.3 Å². The molecule has 0 radical (unpaired) electrons. The minimum Gasteiger partial charge on any atom is -0.493 e. The fraction of sp³-hybridized carbons (Fsp3) is 0.333. The number of benzene rings is 1. The Balaban J connectivity index is 1.69. The van der Waals surface area contributed by atoms with Crippen molar-refractivity contribution in [2.45, 2.75) is 18.9 Å². The lowest BCUT2D eigenvalue weighted by molar-refractivity contribution is 0.199. The van der Waals surface area contributed by atoms with Crippen molar-refractivity contribution in [2.75, 3.05) is 6.61 Å². The van der Waals surface area contributed by atoms with Crippen molar-refractivity contribution in [3.05, 3.63) is 50.6 Å². The van der Waals surface area contributed by atoms with Crippen LogP contribution >= 0.6 is 27.3 Å². The predicted molar refractivity (Wildman–Crippen MR) is 82.8 cm³/mol. The summed E-state index contributed by atoms with van der Waals surface area (Å²) in [5.41, 5.74) is 7.65. The second-order valence-corrected chi connectivity index (χ2v) is 6.80. The van der Waals surface area contributed by atoms with Crippen molar-refractivity contribution in [3.8, 4) is 5.75 Å². The lowest BCUT2D eigenvalue weighted by Crippen LogP contribution is -2.39. The van der Waals surface area contributed by atoms with Gasteiger partial charge in [-0.1, -0.05) is 18.2 Å². The Morgan fingerprint density at radius 3 is 3.00 bits per heavy atom. The highest BCUT2D eigenvalue weighted by Gasteiger charge is 2.25. The molecule has 0 spiro atoms. The summed E-state index contributed by atoms with van der Waals surface area (Å²) < 4.78 is 6.99. The molecule has 19 heavy (non-hydrogen) atoms. The molecule has 0 fully saturated rings. The van der Waals surface area contributed by atoms with E-state index in [-0.39, 0.29) is 6.04 Å². The first-order valence-corrected chi connectivity index (χ1v) is 8.09. The molecule has 2 atom stereocenters. The van der Waals surface area contributed by atoms with Crippen LogP contribution in [0.15, 0.2) is 40.2 Å².